The average molecular weight is 393 g/mol. The van der Waals surface area contributed by atoms with Crippen LogP contribution in [0.25, 0.3) is 6.08 Å². The van der Waals surface area contributed by atoms with Gasteiger partial charge in [0.15, 0.2) is 0 Å². The number of amides is 3. The van der Waals surface area contributed by atoms with Crippen molar-refractivity contribution >= 4 is 33.8 Å². The van der Waals surface area contributed by atoms with Crippen molar-refractivity contribution in [2.24, 2.45) is 5.73 Å². The maximum atomic E-state index is 12.4. The first kappa shape index (κ1) is 20.8. The summed E-state index contributed by atoms with van der Waals surface area (Å²) < 4.78 is 26.2. The van der Waals surface area contributed by atoms with Crippen molar-refractivity contribution in [1.29, 1.82) is 0 Å². The van der Waals surface area contributed by atoms with E-state index in [-0.39, 0.29) is 38.1 Å². The molecule has 1 aliphatic rings. The van der Waals surface area contributed by atoms with Crippen molar-refractivity contribution in [3.63, 3.8) is 0 Å². The zero-order chi connectivity index (χ0) is 20.2. The van der Waals surface area contributed by atoms with Gasteiger partial charge in [-0.05, 0) is 42.2 Å². The van der Waals surface area contributed by atoms with Crippen LogP contribution in [0.2, 0.25) is 0 Å². The van der Waals surface area contributed by atoms with Gasteiger partial charge >= 0.3 is 6.03 Å². The summed E-state index contributed by atoms with van der Waals surface area (Å²) in [6.45, 7) is 4.04. The summed E-state index contributed by atoms with van der Waals surface area (Å²) in [5.74, 6) is -0.431. The van der Waals surface area contributed by atoms with Crippen molar-refractivity contribution in [3.8, 4) is 0 Å². The van der Waals surface area contributed by atoms with Crippen LogP contribution in [0.3, 0.4) is 0 Å². The number of carbonyl (C=O) groups excluding carboxylic acids is 3. The van der Waals surface area contributed by atoms with Crippen molar-refractivity contribution in [2.45, 2.75) is 33.1 Å². The van der Waals surface area contributed by atoms with Gasteiger partial charge in [-0.2, -0.15) is 4.31 Å². The van der Waals surface area contributed by atoms with E-state index in [2.05, 4.69) is 0 Å². The molecular formula is C18H23N3O5S. The Morgan fingerprint density at radius 2 is 1.74 bits per heavy atom. The number of rotatable bonds is 5. The van der Waals surface area contributed by atoms with E-state index < -0.39 is 22.0 Å². The highest BCUT2D eigenvalue weighted by Gasteiger charge is 2.24. The minimum Gasteiger partial charge on any atom is -0.351 e. The number of imide groups is 1. The van der Waals surface area contributed by atoms with Crippen molar-refractivity contribution < 1.29 is 22.8 Å². The van der Waals surface area contributed by atoms with E-state index in [9.17, 15) is 22.8 Å². The molecule has 9 heteroatoms. The maximum absolute atomic E-state index is 12.4. The molecule has 8 nitrogen and oxygen atoms in total. The predicted molar refractivity (Wildman–Crippen MR) is 101 cm³/mol. The van der Waals surface area contributed by atoms with E-state index in [1.165, 1.54) is 10.4 Å². The van der Waals surface area contributed by atoms with Crippen LogP contribution < -0.4 is 11.1 Å². The second-order valence-electron chi connectivity index (χ2n) is 6.52. The lowest BCUT2D eigenvalue weighted by Gasteiger charge is -2.23. The molecule has 1 aromatic carbocycles. The second-order valence-corrected chi connectivity index (χ2v) is 8.34. The molecule has 0 atom stereocenters. The van der Waals surface area contributed by atoms with E-state index in [4.69, 9.17) is 5.73 Å². The van der Waals surface area contributed by atoms with E-state index in [0.717, 1.165) is 22.1 Å². The lowest BCUT2D eigenvalue weighted by Crippen LogP contribution is -2.37. The smallest absolute Gasteiger partial charge is 0.318 e. The Hall–Kier alpha value is -2.52. The monoisotopic (exact) mass is 393 g/mol. The lowest BCUT2D eigenvalue weighted by atomic mass is 9.98. The minimum atomic E-state index is -3.60. The molecule has 146 valence electrons. The van der Waals surface area contributed by atoms with E-state index in [0.29, 0.717) is 5.56 Å². The highest BCUT2D eigenvalue weighted by Crippen LogP contribution is 2.20. The van der Waals surface area contributed by atoms with Crippen LogP contribution in [0, 0.1) is 13.8 Å². The fourth-order valence-electron chi connectivity index (χ4n) is 3.03. The Bertz CT molecular complexity index is 873. The van der Waals surface area contributed by atoms with E-state index in [1.807, 2.05) is 19.2 Å². The Balaban J connectivity index is 2.16. The lowest BCUT2D eigenvalue weighted by molar-refractivity contribution is -0.121. The number of aryl methyl sites for hydroxylation is 2. The van der Waals surface area contributed by atoms with Crippen molar-refractivity contribution in [1.82, 2.24) is 9.62 Å². The Morgan fingerprint density at radius 1 is 1.19 bits per heavy atom. The van der Waals surface area contributed by atoms with Gasteiger partial charge in [0.05, 0.1) is 6.42 Å². The zero-order valence-electron chi connectivity index (χ0n) is 15.3. The highest BCUT2D eigenvalue weighted by molar-refractivity contribution is 7.92. The molecule has 1 aromatic rings. The molecule has 0 unspecified atom stereocenters. The largest absolute Gasteiger partial charge is 0.351 e. The summed E-state index contributed by atoms with van der Waals surface area (Å²) in [6.07, 6.45) is 2.01. The maximum Gasteiger partial charge on any atom is 0.318 e. The fraction of sp³-hybridized carbons (Fsp3) is 0.389. The van der Waals surface area contributed by atoms with Gasteiger partial charge in [-0.1, -0.05) is 12.1 Å². The third-order valence-electron chi connectivity index (χ3n) is 4.33. The Morgan fingerprint density at radius 3 is 2.26 bits per heavy atom. The zero-order valence-corrected chi connectivity index (χ0v) is 16.1. The van der Waals surface area contributed by atoms with Crippen LogP contribution in [0.4, 0.5) is 4.79 Å². The number of primary amides is 1. The number of urea groups is 1. The number of hydrogen-bond donors (Lipinski definition) is 2. The summed E-state index contributed by atoms with van der Waals surface area (Å²) in [5.41, 5.74) is 7.96. The molecule has 3 N–H and O–H groups in total. The number of carbonyl (C=O) groups is 3. The average Bonchev–Trinajstić information content (AvgIpc) is 2.53. The van der Waals surface area contributed by atoms with Gasteiger partial charge in [-0.15, -0.1) is 0 Å². The van der Waals surface area contributed by atoms with Crippen LogP contribution in [-0.2, 0) is 26.0 Å². The molecule has 27 heavy (non-hydrogen) atoms. The van der Waals surface area contributed by atoms with Crippen LogP contribution in [0.15, 0.2) is 17.5 Å². The number of nitrogens with two attached hydrogens (primary N) is 1. The third kappa shape index (κ3) is 5.73. The van der Waals surface area contributed by atoms with Gasteiger partial charge in [0, 0.05) is 31.3 Å². The SMILES string of the molecule is Cc1cc(CC(=O)NC(N)=O)cc(C)c1/C=C/S(=O)(=O)N1CCC(=O)CC1. The Labute approximate surface area is 158 Å². The van der Waals surface area contributed by atoms with Gasteiger partial charge in [0.1, 0.15) is 5.78 Å². The topological polar surface area (TPSA) is 127 Å². The summed E-state index contributed by atoms with van der Waals surface area (Å²) in [6, 6.07) is 2.62. The first-order chi connectivity index (χ1) is 12.6. The molecule has 1 heterocycles. The van der Waals surface area contributed by atoms with E-state index >= 15 is 0 Å². The predicted octanol–water partition coefficient (Wildman–Crippen LogP) is 1.01. The Kier molecular flexibility index (Phi) is 6.50. The normalized spacial score (nSPS) is 15.9. The molecule has 0 radical (unpaired) electrons. The number of hydrogen-bond acceptors (Lipinski definition) is 5. The van der Waals surface area contributed by atoms with Crippen molar-refractivity contribution in [3.05, 3.63) is 39.8 Å². The molecule has 3 amide bonds. The van der Waals surface area contributed by atoms with Crippen LogP contribution in [0.5, 0.6) is 0 Å². The van der Waals surface area contributed by atoms with Gasteiger partial charge < -0.3 is 5.73 Å². The molecule has 0 spiro atoms. The number of Topliss-reactive ketones (excluding diaryl/α,β-unsaturated/α-hetero) is 1. The summed E-state index contributed by atoms with van der Waals surface area (Å²) in [5, 5.41) is 3.16. The second kappa shape index (κ2) is 8.45. The quantitative estimate of drug-likeness (QED) is 0.772. The molecule has 0 aromatic heterocycles. The molecule has 0 aliphatic carbocycles. The molecule has 2 rings (SSSR count). The summed E-state index contributed by atoms with van der Waals surface area (Å²) >= 11 is 0. The number of sulfonamides is 1. The number of ketones is 1. The van der Waals surface area contributed by atoms with Crippen LogP contribution in [0.1, 0.15) is 35.1 Å². The molecule has 1 fully saturated rings. The standard InChI is InChI=1S/C18H23N3O5S/c1-12-9-14(11-17(23)20-18(19)24)10-13(2)16(12)5-8-27(25,26)21-6-3-15(22)4-7-21/h5,8-10H,3-4,6-7,11H2,1-2H3,(H3,19,20,23,24)/b8-5+. The third-order valence-corrected chi connectivity index (χ3v) is 5.89. The summed E-state index contributed by atoms with van der Waals surface area (Å²) in [7, 11) is -3.60. The number of nitrogens with one attached hydrogen (secondary N) is 1. The highest BCUT2D eigenvalue weighted by atomic mass is 32.2. The molecule has 1 saturated heterocycles. The fourth-order valence-corrected chi connectivity index (χ4v) is 4.20. The van der Waals surface area contributed by atoms with Crippen LogP contribution in [-0.4, -0.2) is 43.5 Å². The molecule has 0 saturated carbocycles. The van der Waals surface area contributed by atoms with Gasteiger partial charge in [-0.25, -0.2) is 13.2 Å². The molecule has 1 aliphatic heterocycles. The first-order valence-electron chi connectivity index (χ1n) is 8.48. The number of nitrogens with zero attached hydrogens (tertiary/aromatic N) is 1. The summed E-state index contributed by atoms with van der Waals surface area (Å²) in [4.78, 5) is 33.6. The first-order valence-corrected chi connectivity index (χ1v) is 9.98. The van der Waals surface area contributed by atoms with Gasteiger partial charge in [0.2, 0.25) is 15.9 Å². The minimum absolute atomic E-state index is 0.00524. The number of piperidine rings is 1. The molecular weight excluding hydrogens is 370 g/mol. The molecule has 0 bridgehead atoms. The van der Waals surface area contributed by atoms with E-state index in [1.54, 1.807) is 12.1 Å². The van der Waals surface area contributed by atoms with Gasteiger partial charge in [0.25, 0.3) is 0 Å². The van der Waals surface area contributed by atoms with Crippen molar-refractivity contribution in [2.75, 3.05) is 13.1 Å². The van der Waals surface area contributed by atoms with Gasteiger partial charge in [-0.3, -0.25) is 14.9 Å². The van der Waals surface area contributed by atoms with Crippen LogP contribution >= 0.6 is 0 Å². The number of benzene rings is 1.